The van der Waals surface area contributed by atoms with Gasteiger partial charge in [0.2, 0.25) is 0 Å². The molecule has 0 fully saturated rings. The van der Waals surface area contributed by atoms with Crippen LogP contribution >= 0.6 is 0 Å². The number of hydrogen-bond donors (Lipinski definition) is 2. The van der Waals surface area contributed by atoms with Crippen LogP contribution in [0.4, 0.5) is 5.82 Å². The number of aliphatic hydroxyl groups excluding tert-OH is 1. The Kier molecular flexibility index (Phi) is 5.66. The van der Waals surface area contributed by atoms with Crippen molar-refractivity contribution in [2.75, 3.05) is 19.5 Å². The zero-order chi connectivity index (χ0) is 18.4. The second-order valence-electron chi connectivity index (χ2n) is 5.69. The van der Waals surface area contributed by atoms with Gasteiger partial charge in [0.15, 0.2) is 5.82 Å². The second kappa shape index (κ2) is 8.31. The largest absolute Gasteiger partial charge is 0.497 e. The summed E-state index contributed by atoms with van der Waals surface area (Å²) in [6.45, 7) is 0.527. The van der Waals surface area contributed by atoms with Gasteiger partial charge in [0.05, 0.1) is 20.8 Å². The van der Waals surface area contributed by atoms with Crippen LogP contribution in [-0.2, 0) is 13.2 Å². The maximum absolute atomic E-state index is 9.35. The molecule has 1 heterocycles. The predicted molar refractivity (Wildman–Crippen MR) is 100 cm³/mol. The first kappa shape index (κ1) is 17.7. The van der Waals surface area contributed by atoms with Crippen molar-refractivity contribution in [2.24, 2.45) is 0 Å². The summed E-state index contributed by atoms with van der Waals surface area (Å²) in [7, 11) is 3.25. The average Bonchev–Trinajstić information content (AvgIpc) is 2.72. The molecular weight excluding hydrogens is 330 g/mol. The highest BCUT2D eigenvalue weighted by atomic mass is 16.5. The van der Waals surface area contributed by atoms with Gasteiger partial charge < -0.3 is 19.9 Å². The summed E-state index contributed by atoms with van der Waals surface area (Å²) in [5.41, 5.74) is 3.46. The van der Waals surface area contributed by atoms with E-state index in [1.165, 1.54) is 0 Å². The van der Waals surface area contributed by atoms with Crippen molar-refractivity contribution in [3.8, 4) is 22.8 Å². The number of nitrogens with zero attached hydrogens (tertiary/aromatic N) is 2. The highest BCUT2D eigenvalue weighted by molar-refractivity contribution is 5.71. The Morgan fingerprint density at radius 3 is 2.35 bits per heavy atom. The maximum Gasteiger partial charge on any atom is 0.152 e. The van der Waals surface area contributed by atoms with Gasteiger partial charge in [-0.25, -0.2) is 4.98 Å². The zero-order valence-corrected chi connectivity index (χ0v) is 14.8. The number of nitrogens with one attached hydrogen (secondary N) is 1. The lowest BCUT2D eigenvalue weighted by Crippen LogP contribution is -2.05. The molecule has 0 atom stereocenters. The van der Waals surface area contributed by atoms with Crippen molar-refractivity contribution in [1.29, 1.82) is 0 Å². The number of rotatable bonds is 7. The first-order chi connectivity index (χ1) is 12.7. The zero-order valence-electron chi connectivity index (χ0n) is 14.8. The number of aliphatic hydroxyl groups is 1. The standard InChI is InChI=1S/C20H21N3O3/c1-25-17-9-15(10-18(11-17)26-2)12-23-20-19(21-6-7-22-20)16-5-3-4-14(8-16)13-24/h3-11,24H,12-13H2,1-2H3,(H,22,23). The molecule has 2 N–H and O–H groups in total. The first-order valence-electron chi connectivity index (χ1n) is 8.20. The van der Waals surface area contributed by atoms with E-state index in [0.29, 0.717) is 12.4 Å². The third-order valence-electron chi connectivity index (χ3n) is 3.95. The van der Waals surface area contributed by atoms with Crippen LogP contribution in [0.1, 0.15) is 11.1 Å². The van der Waals surface area contributed by atoms with Crippen molar-refractivity contribution < 1.29 is 14.6 Å². The predicted octanol–water partition coefficient (Wildman–Crippen LogP) is 3.27. The summed E-state index contributed by atoms with van der Waals surface area (Å²) < 4.78 is 10.6. The molecule has 0 saturated heterocycles. The average molecular weight is 351 g/mol. The van der Waals surface area contributed by atoms with Crippen LogP contribution in [-0.4, -0.2) is 29.3 Å². The van der Waals surface area contributed by atoms with Crippen LogP contribution in [0.3, 0.4) is 0 Å². The molecule has 3 aromatic rings. The van der Waals surface area contributed by atoms with Crippen LogP contribution in [0.25, 0.3) is 11.3 Å². The Morgan fingerprint density at radius 2 is 1.65 bits per heavy atom. The molecule has 0 saturated carbocycles. The minimum absolute atomic E-state index is 0.0134. The summed E-state index contributed by atoms with van der Waals surface area (Å²) in [6.07, 6.45) is 3.30. The van der Waals surface area contributed by atoms with Gasteiger partial charge in [-0.3, -0.25) is 4.98 Å². The third-order valence-corrected chi connectivity index (χ3v) is 3.95. The molecule has 0 aliphatic carbocycles. The molecule has 26 heavy (non-hydrogen) atoms. The quantitative estimate of drug-likeness (QED) is 0.680. The second-order valence-corrected chi connectivity index (χ2v) is 5.69. The van der Waals surface area contributed by atoms with Crippen LogP contribution in [0.5, 0.6) is 11.5 Å². The van der Waals surface area contributed by atoms with E-state index in [-0.39, 0.29) is 6.61 Å². The fourth-order valence-electron chi connectivity index (χ4n) is 2.65. The fourth-order valence-corrected chi connectivity index (χ4v) is 2.65. The lowest BCUT2D eigenvalue weighted by molar-refractivity contribution is 0.282. The first-order valence-corrected chi connectivity index (χ1v) is 8.20. The molecule has 6 heteroatoms. The van der Waals surface area contributed by atoms with Crippen molar-refractivity contribution >= 4 is 5.82 Å². The molecule has 0 amide bonds. The number of aromatic nitrogens is 2. The Balaban J connectivity index is 1.85. The third kappa shape index (κ3) is 4.10. The number of methoxy groups -OCH3 is 2. The Morgan fingerprint density at radius 1 is 0.923 bits per heavy atom. The molecule has 0 bridgehead atoms. The minimum Gasteiger partial charge on any atom is -0.497 e. The van der Waals surface area contributed by atoms with Gasteiger partial charge in [-0.15, -0.1) is 0 Å². The lowest BCUT2D eigenvalue weighted by atomic mass is 10.1. The Bertz CT molecular complexity index is 861. The van der Waals surface area contributed by atoms with Gasteiger partial charge in [-0.05, 0) is 29.3 Å². The highest BCUT2D eigenvalue weighted by Crippen LogP contribution is 2.26. The normalized spacial score (nSPS) is 10.4. The van der Waals surface area contributed by atoms with E-state index < -0.39 is 0 Å². The molecule has 3 rings (SSSR count). The Hall–Kier alpha value is -3.12. The van der Waals surface area contributed by atoms with Gasteiger partial charge in [0.25, 0.3) is 0 Å². The van der Waals surface area contributed by atoms with E-state index in [9.17, 15) is 5.11 Å². The molecule has 134 valence electrons. The van der Waals surface area contributed by atoms with Crippen LogP contribution < -0.4 is 14.8 Å². The molecule has 0 aliphatic heterocycles. The maximum atomic E-state index is 9.35. The monoisotopic (exact) mass is 351 g/mol. The summed E-state index contributed by atoms with van der Waals surface area (Å²) >= 11 is 0. The lowest BCUT2D eigenvalue weighted by Gasteiger charge is -2.12. The topological polar surface area (TPSA) is 76.5 Å². The fraction of sp³-hybridized carbons (Fsp3) is 0.200. The van der Waals surface area contributed by atoms with Crippen molar-refractivity contribution in [3.63, 3.8) is 0 Å². The highest BCUT2D eigenvalue weighted by Gasteiger charge is 2.09. The number of anilines is 1. The summed E-state index contributed by atoms with van der Waals surface area (Å²) in [5, 5.41) is 12.7. The molecule has 0 unspecified atom stereocenters. The molecule has 6 nitrogen and oxygen atoms in total. The summed E-state index contributed by atoms with van der Waals surface area (Å²) in [5.74, 6) is 2.14. The molecule has 0 spiro atoms. The van der Waals surface area contributed by atoms with Gasteiger partial charge in [0, 0.05) is 30.6 Å². The van der Waals surface area contributed by atoms with Crippen LogP contribution in [0.15, 0.2) is 54.9 Å². The van der Waals surface area contributed by atoms with Gasteiger partial charge in [-0.1, -0.05) is 18.2 Å². The minimum atomic E-state index is -0.0134. The van der Waals surface area contributed by atoms with Crippen molar-refractivity contribution in [2.45, 2.75) is 13.2 Å². The number of benzene rings is 2. The van der Waals surface area contributed by atoms with Crippen LogP contribution in [0, 0.1) is 0 Å². The molecule has 0 aliphatic rings. The van der Waals surface area contributed by atoms with Gasteiger partial charge in [0.1, 0.15) is 17.2 Å². The molecular formula is C20H21N3O3. The SMILES string of the molecule is COc1cc(CNc2nccnc2-c2cccc(CO)c2)cc(OC)c1. The number of ether oxygens (including phenoxy) is 2. The smallest absolute Gasteiger partial charge is 0.152 e. The van der Waals surface area contributed by atoms with E-state index in [0.717, 1.165) is 33.9 Å². The molecule has 2 aromatic carbocycles. The summed E-state index contributed by atoms with van der Waals surface area (Å²) in [6, 6.07) is 13.3. The summed E-state index contributed by atoms with van der Waals surface area (Å²) in [4.78, 5) is 8.86. The molecule has 1 aromatic heterocycles. The van der Waals surface area contributed by atoms with Crippen molar-refractivity contribution in [3.05, 3.63) is 66.0 Å². The number of hydrogen-bond acceptors (Lipinski definition) is 6. The van der Waals surface area contributed by atoms with E-state index in [1.54, 1.807) is 26.6 Å². The van der Waals surface area contributed by atoms with Crippen LogP contribution in [0.2, 0.25) is 0 Å². The van der Waals surface area contributed by atoms with E-state index in [1.807, 2.05) is 42.5 Å². The van der Waals surface area contributed by atoms with E-state index >= 15 is 0 Å². The van der Waals surface area contributed by atoms with E-state index in [4.69, 9.17) is 9.47 Å². The van der Waals surface area contributed by atoms with Crippen molar-refractivity contribution in [1.82, 2.24) is 9.97 Å². The van der Waals surface area contributed by atoms with Gasteiger partial charge >= 0.3 is 0 Å². The van der Waals surface area contributed by atoms with E-state index in [2.05, 4.69) is 15.3 Å². The van der Waals surface area contributed by atoms with Gasteiger partial charge in [-0.2, -0.15) is 0 Å². The Labute approximate surface area is 152 Å². The molecule has 0 radical (unpaired) electrons.